The van der Waals surface area contributed by atoms with E-state index in [0.29, 0.717) is 0 Å². The van der Waals surface area contributed by atoms with Crippen LogP contribution in [0.2, 0.25) is 0 Å². The van der Waals surface area contributed by atoms with Crippen molar-refractivity contribution in [2.24, 2.45) is 0 Å². The van der Waals surface area contributed by atoms with Crippen LogP contribution in [0.5, 0.6) is 5.75 Å². The summed E-state index contributed by atoms with van der Waals surface area (Å²) in [6, 6.07) is 9.86. The number of hydrogen-bond donors (Lipinski definition) is 2. The van der Waals surface area contributed by atoms with Gasteiger partial charge in [0.1, 0.15) is 18.1 Å². The van der Waals surface area contributed by atoms with E-state index in [-0.39, 0.29) is 24.6 Å². The van der Waals surface area contributed by atoms with E-state index in [4.69, 9.17) is 4.74 Å². The fourth-order valence-electron chi connectivity index (χ4n) is 1.93. The first-order chi connectivity index (χ1) is 11.1. The van der Waals surface area contributed by atoms with Crippen molar-refractivity contribution in [3.8, 4) is 5.75 Å². The molecule has 0 atom stereocenters. The van der Waals surface area contributed by atoms with Gasteiger partial charge in [-0.25, -0.2) is 8.78 Å². The molecule has 2 N–H and O–H groups in total. The average molecular weight is 322 g/mol. The third-order valence-electron chi connectivity index (χ3n) is 3.07. The lowest BCUT2D eigenvalue weighted by molar-refractivity contribution is 0.0817. The Labute approximate surface area is 131 Å². The number of carbonyl (C=O) groups excluding carboxylic acids is 1. The number of hydrogen-bond acceptors (Lipinski definition) is 4. The topological polar surface area (TPSA) is 71.5 Å². The van der Waals surface area contributed by atoms with Gasteiger partial charge < -0.3 is 15.2 Å². The number of pyridine rings is 1. The molecule has 0 aliphatic carbocycles. The van der Waals surface area contributed by atoms with Gasteiger partial charge in [0.15, 0.2) is 0 Å². The van der Waals surface area contributed by atoms with Gasteiger partial charge in [0.2, 0.25) is 0 Å². The highest BCUT2D eigenvalue weighted by atomic mass is 19.3. The van der Waals surface area contributed by atoms with Gasteiger partial charge in [-0.2, -0.15) is 0 Å². The highest BCUT2D eigenvalue weighted by molar-refractivity contribution is 5.92. The Morgan fingerprint density at radius 1 is 1.26 bits per heavy atom. The molecule has 0 unspecified atom stereocenters. The molecule has 0 radical (unpaired) electrons. The van der Waals surface area contributed by atoms with E-state index in [2.05, 4.69) is 10.3 Å². The molecule has 2 rings (SSSR count). The lowest BCUT2D eigenvalue weighted by Crippen LogP contribution is -2.24. The number of carbonyl (C=O) groups is 1. The molecule has 5 nitrogen and oxygen atoms in total. The zero-order chi connectivity index (χ0) is 16.7. The number of rotatable bonds is 7. The van der Waals surface area contributed by atoms with Gasteiger partial charge in [-0.3, -0.25) is 9.78 Å². The number of aliphatic hydroxyl groups excluding tert-OH is 1. The quantitative estimate of drug-likeness (QED) is 0.819. The minimum Gasteiger partial charge on any atom is -0.488 e. The van der Waals surface area contributed by atoms with Crippen LogP contribution in [0, 0.1) is 0 Å². The Hall–Kier alpha value is -2.54. The summed E-state index contributed by atoms with van der Waals surface area (Å²) < 4.78 is 29.1. The van der Waals surface area contributed by atoms with Crippen molar-refractivity contribution in [3.63, 3.8) is 0 Å². The van der Waals surface area contributed by atoms with Crippen LogP contribution >= 0.6 is 0 Å². The Morgan fingerprint density at radius 3 is 2.70 bits per heavy atom. The summed E-state index contributed by atoms with van der Waals surface area (Å²) in [5.74, 6) is -0.304. The van der Waals surface area contributed by atoms with Gasteiger partial charge in [0.05, 0.1) is 6.61 Å². The predicted molar refractivity (Wildman–Crippen MR) is 79.3 cm³/mol. The minimum atomic E-state index is -2.59. The summed E-state index contributed by atoms with van der Waals surface area (Å²) in [6.45, 7) is -0.643. The summed E-state index contributed by atoms with van der Waals surface area (Å²) in [6.07, 6.45) is -1.27. The first kappa shape index (κ1) is 16.8. The average Bonchev–Trinajstić information content (AvgIpc) is 2.58. The number of amides is 1. The molecule has 7 heteroatoms. The van der Waals surface area contributed by atoms with Crippen LogP contribution in [0.3, 0.4) is 0 Å². The number of nitrogens with one attached hydrogen (secondary N) is 1. The fraction of sp³-hybridized carbons (Fsp3) is 0.250. The number of alkyl halides is 2. The molecule has 0 spiro atoms. The number of ether oxygens (including phenoxy) is 1. The molecule has 1 amide bonds. The first-order valence-corrected chi connectivity index (χ1v) is 6.93. The van der Waals surface area contributed by atoms with Gasteiger partial charge >= 0.3 is 0 Å². The second-order valence-corrected chi connectivity index (χ2v) is 4.69. The Bertz CT molecular complexity index is 665. The Morgan fingerprint density at radius 2 is 2.00 bits per heavy atom. The number of aromatic nitrogens is 1. The van der Waals surface area contributed by atoms with E-state index in [1.807, 2.05) is 0 Å². The molecule has 0 saturated heterocycles. The molecule has 1 heterocycles. The van der Waals surface area contributed by atoms with E-state index in [1.165, 1.54) is 18.3 Å². The highest BCUT2D eigenvalue weighted by Gasteiger charge is 2.10. The second-order valence-electron chi connectivity index (χ2n) is 4.69. The van der Waals surface area contributed by atoms with Crippen LogP contribution in [0.25, 0.3) is 0 Å². The molecule has 0 aliphatic heterocycles. The van der Waals surface area contributed by atoms with Gasteiger partial charge in [0.25, 0.3) is 12.3 Å². The van der Waals surface area contributed by atoms with Gasteiger partial charge in [0, 0.05) is 18.8 Å². The molecule has 0 saturated carbocycles. The van der Waals surface area contributed by atoms with Gasteiger partial charge in [-0.05, 0) is 17.2 Å². The summed E-state index contributed by atoms with van der Waals surface area (Å²) >= 11 is 0. The number of nitrogens with zero attached hydrogens (tertiary/aromatic N) is 1. The van der Waals surface area contributed by atoms with Gasteiger partial charge in [-0.15, -0.1) is 0 Å². The number of aliphatic hydroxyl groups is 1. The minimum absolute atomic E-state index is 0.0678. The maximum atomic E-state index is 12.1. The molecule has 23 heavy (non-hydrogen) atoms. The van der Waals surface area contributed by atoms with Crippen LogP contribution in [-0.2, 0) is 13.2 Å². The Kier molecular flexibility index (Phi) is 5.99. The zero-order valence-electron chi connectivity index (χ0n) is 12.2. The Balaban J connectivity index is 1.99. The summed E-state index contributed by atoms with van der Waals surface area (Å²) in [5, 5.41) is 11.9. The third kappa shape index (κ3) is 5.00. The van der Waals surface area contributed by atoms with Crippen LogP contribution in [0.1, 0.15) is 21.6 Å². The molecular formula is C16H16F2N2O3. The molecule has 1 aromatic heterocycles. The molecule has 122 valence electrons. The van der Waals surface area contributed by atoms with Crippen LogP contribution < -0.4 is 10.1 Å². The number of halogens is 2. The third-order valence-corrected chi connectivity index (χ3v) is 3.07. The first-order valence-electron chi connectivity index (χ1n) is 6.93. The zero-order valence-corrected chi connectivity index (χ0v) is 12.2. The highest BCUT2D eigenvalue weighted by Crippen LogP contribution is 2.13. The fourth-order valence-corrected chi connectivity index (χ4v) is 1.93. The summed E-state index contributed by atoms with van der Waals surface area (Å²) in [4.78, 5) is 16.0. The van der Waals surface area contributed by atoms with Crippen molar-refractivity contribution in [2.45, 2.75) is 19.6 Å². The lowest BCUT2D eigenvalue weighted by Gasteiger charge is -2.10. The maximum Gasteiger partial charge on any atom is 0.272 e. The van der Waals surface area contributed by atoms with E-state index >= 15 is 0 Å². The standard InChI is InChI=1S/C16H16F2N2O3/c17-15(18)10-23-13-5-6-19-14(7-13)16(22)20-8-11-3-1-2-4-12(11)9-21/h1-7,15,21H,8-10H2,(H,20,22). The van der Waals surface area contributed by atoms with Crippen molar-refractivity contribution < 1.29 is 23.4 Å². The molecular weight excluding hydrogens is 306 g/mol. The lowest BCUT2D eigenvalue weighted by atomic mass is 10.1. The number of benzene rings is 1. The van der Waals surface area contributed by atoms with Crippen molar-refractivity contribution >= 4 is 5.91 Å². The van der Waals surface area contributed by atoms with E-state index < -0.39 is 18.9 Å². The largest absolute Gasteiger partial charge is 0.488 e. The van der Waals surface area contributed by atoms with E-state index in [9.17, 15) is 18.7 Å². The van der Waals surface area contributed by atoms with Crippen molar-refractivity contribution in [3.05, 3.63) is 59.4 Å². The van der Waals surface area contributed by atoms with Crippen molar-refractivity contribution in [1.82, 2.24) is 10.3 Å². The maximum absolute atomic E-state index is 12.1. The summed E-state index contributed by atoms with van der Waals surface area (Å²) in [5.41, 5.74) is 1.57. The van der Waals surface area contributed by atoms with Crippen LogP contribution in [-0.4, -0.2) is 29.0 Å². The molecule has 0 aliphatic rings. The monoisotopic (exact) mass is 322 g/mol. The van der Waals surface area contributed by atoms with Crippen molar-refractivity contribution in [1.29, 1.82) is 0 Å². The molecule has 1 aromatic carbocycles. The van der Waals surface area contributed by atoms with Crippen LogP contribution in [0.15, 0.2) is 42.6 Å². The molecule has 0 fully saturated rings. The smallest absolute Gasteiger partial charge is 0.272 e. The van der Waals surface area contributed by atoms with Crippen LogP contribution in [0.4, 0.5) is 8.78 Å². The normalized spacial score (nSPS) is 10.6. The predicted octanol–water partition coefficient (Wildman–Crippen LogP) is 2.15. The SMILES string of the molecule is O=C(NCc1ccccc1CO)c1cc(OCC(F)F)ccn1. The van der Waals surface area contributed by atoms with Crippen molar-refractivity contribution in [2.75, 3.05) is 6.61 Å². The molecule has 0 bridgehead atoms. The molecule has 2 aromatic rings. The van der Waals surface area contributed by atoms with E-state index in [1.54, 1.807) is 24.3 Å². The van der Waals surface area contributed by atoms with Gasteiger partial charge in [-0.1, -0.05) is 24.3 Å². The summed E-state index contributed by atoms with van der Waals surface area (Å²) in [7, 11) is 0. The van der Waals surface area contributed by atoms with E-state index in [0.717, 1.165) is 11.1 Å². The second kappa shape index (κ2) is 8.19.